The smallest absolute Gasteiger partial charge is 0.242 e. The van der Waals surface area contributed by atoms with Crippen LogP contribution in [0.2, 0.25) is 0 Å². The summed E-state index contributed by atoms with van der Waals surface area (Å²) in [6.07, 6.45) is 2.16. The Labute approximate surface area is 76.3 Å². The number of hydrogen-bond donors (Lipinski definition) is 1. The van der Waals surface area contributed by atoms with Gasteiger partial charge in [-0.05, 0) is 12.8 Å². The van der Waals surface area contributed by atoms with E-state index in [0.29, 0.717) is 24.4 Å². The molecule has 2 N–H and O–H groups in total. The molecule has 0 saturated heterocycles. The Bertz CT molecular complexity index is 281. The zero-order chi connectivity index (χ0) is 9.26. The zero-order valence-corrected chi connectivity index (χ0v) is 7.56. The van der Waals surface area contributed by atoms with E-state index < -0.39 is 0 Å². The van der Waals surface area contributed by atoms with Crippen molar-refractivity contribution >= 4 is 0 Å². The topological polar surface area (TPSA) is 74.2 Å². The van der Waals surface area contributed by atoms with E-state index in [9.17, 15) is 0 Å². The summed E-state index contributed by atoms with van der Waals surface area (Å²) in [5.41, 5.74) is 5.61. The molecule has 1 fully saturated rings. The van der Waals surface area contributed by atoms with Gasteiger partial charge in [-0.2, -0.15) is 0 Å². The summed E-state index contributed by atoms with van der Waals surface area (Å²) in [4.78, 5) is 0. The molecule has 0 amide bonds. The maximum Gasteiger partial charge on any atom is 0.242 e. The van der Waals surface area contributed by atoms with Crippen LogP contribution in [0.3, 0.4) is 0 Å². The highest BCUT2D eigenvalue weighted by atomic mass is 16.5. The Balaban J connectivity index is 1.74. The van der Waals surface area contributed by atoms with Crippen LogP contribution in [0, 0.1) is 6.92 Å². The second-order valence-electron chi connectivity index (χ2n) is 3.38. The first kappa shape index (κ1) is 8.65. The molecule has 0 bridgehead atoms. The molecule has 0 aliphatic heterocycles. The van der Waals surface area contributed by atoms with Gasteiger partial charge in [-0.15, -0.1) is 10.2 Å². The minimum atomic E-state index is 0.280. The van der Waals surface area contributed by atoms with Crippen LogP contribution in [-0.4, -0.2) is 22.3 Å². The van der Waals surface area contributed by atoms with Crippen LogP contribution in [0.15, 0.2) is 4.42 Å². The van der Waals surface area contributed by atoms with Crippen molar-refractivity contribution in [2.24, 2.45) is 5.73 Å². The van der Waals surface area contributed by atoms with E-state index in [2.05, 4.69) is 10.2 Å². The van der Waals surface area contributed by atoms with E-state index in [1.807, 2.05) is 0 Å². The van der Waals surface area contributed by atoms with Gasteiger partial charge in [0, 0.05) is 13.0 Å². The van der Waals surface area contributed by atoms with Crippen LogP contribution in [0.25, 0.3) is 0 Å². The number of nitrogens with zero attached hydrogens (tertiary/aromatic N) is 2. The van der Waals surface area contributed by atoms with Crippen molar-refractivity contribution in [3.05, 3.63) is 11.8 Å². The Morgan fingerprint density at radius 3 is 2.85 bits per heavy atom. The van der Waals surface area contributed by atoms with E-state index in [1.165, 1.54) is 0 Å². The lowest BCUT2D eigenvalue weighted by atomic mass is 9.90. The Morgan fingerprint density at radius 2 is 2.31 bits per heavy atom. The highest BCUT2D eigenvalue weighted by Crippen LogP contribution is 2.22. The largest absolute Gasteiger partial charge is 0.423 e. The fourth-order valence-corrected chi connectivity index (χ4v) is 1.33. The van der Waals surface area contributed by atoms with Crippen molar-refractivity contribution in [3.8, 4) is 0 Å². The van der Waals surface area contributed by atoms with Crippen LogP contribution in [0.5, 0.6) is 0 Å². The molecule has 0 unspecified atom stereocenters. The molecule has 5 heteroatoms. The van der Waals surface area contributed by atoms with Gasteiger partial charge in [-0.3, -0.25) is 0 Å². The molecule has 1 aliphatic carbocycles. The molecule has 1 saturated carbocycles. The number of nitrogens with two attached hydrogens (primary N) is 1. The molecule has 0 aromatic carbocycles. The molecule has 1 aromatic rings. The standard InChI is InChI=1S/C8H13N3O2/c1-5-10-11-8(13-5)4-12-7-2-6(9)3-7/h6-7H,2-4,9H2,1H3. The van der Waals surface area contributed by atoms with Crippen molar-refractivity contribution in [1.29, 1.82) is 0 Å². The predicted molar refractivity (Wildman–Crippen MR) is 44.8 cm³/mol. The Kier molecular flexibility index (Phi) is 2.28. The van der Waals surface area contributed by atoms with Crippen molar-refractivity contribution < 1.29 is 9.15 Å². The van der Waals surface area contributed by atoms with Gasteiger partial charge in [-0.1, -0.05) is 0 Å². The van der Waals surface area contributed by atoms with Crippen LogP contribution in [0.4, 0.5) is 0 Å². The lowest BCUT2D eigenvalue weighted by molar-refractivity contribution is -0.0273. The molecule has 2 rings (SSSR count). The first-order valence-electron chi connectivity index (χ1n) is 4.40. The highest BCUT2D eigenvalue weighted by molar-refractivity contribution is 4.84. The van der Waals surface area contributed by atoms with Gasteiger partial charge in [-0.25, -0.2) is 0 Å². The molecule has 72 valence electrons. The summed E-state index contributed by atoms with van der Waals surface area (Å²) in [6.45, 7) is 2.16. The SMILES string of the molecule is Cc1nnc(COC2CC(N)C2)o1. The average Bonchev–Trinajstić information content (AvgIpc) is 2.43. The van der Waals surface area contributed by atoms with E-state index in [4.69, 9.17) is 14.9 Å². The molecule has 0 radical (unpaired) electrons. The molecule has 0 atom stereocenters. The summed E-state index contributed by atoms with van der Waals surface area (Å²) in [5.74, 6) is 1.11. The summed E-state index contributed by atoms with van der Waals surface area (Å²) in [5, 5.41) is 7.52. The average molecular weight is 183 g/mol. The van der Waals surface area contributed by atoms with Gasteiger partial charge >= 0.3 is 0 Å². The fourth-order valence-electron chi connectivity index (χ4n) is 1.33. The van der Waals surface area contributed by atoms with E-state index >= 15 is 0 Å². The van der Waals surface area contributed by atoms with E-state index in [0.717, 1.165) is 12.8 Å². The lowest BCUT2D eigenvalue weighted by Crippen LogP contribution is -2.41. The van der Waals surface area contributed by atoms with Gasteiger partial charge in [0.25, 0.3) is 0 Å². The monoisotopic (exact) mass is 183 g/mol. The Morgan fingerprint density at radius 1 is 1.54 bits per heavy atom. The number of aryl methyl sites for hydroxylation is 1. The molecule has 0 spiro atoms. The quantitative estimate of drug-likeness (QED) is 0.733. The van der Waals surface area contributed by atoms with Gasteiger partial charge in [0.2, 0.25) is 11.8 Å². The van der Waals surface area contributed by atoms with Crippen LogP contribution in [-0.2, 0) is 11.3 Å². The molecule has 5 nitrogen and oxygen atoms in total. The van der Waals surface area contributed by atoms with Crippen LogP contribution >= 0.6 is 0 Å². The molecule has 1 aliphatic rings. The third-order valence-corrected chi connectivity index (χ3v) is 2.14. The molecule has 13 heavy (non-hydrogen) atoms. The normalized spacial score (nSPS) is 27.2. The highest BCUT2D eigenvalue weighted by Gasteiger charge is 2.26. The molecular formula is C8H13N3O2. The summed E-state index contributed by atoms with van der Waals surface area (Å²) in [7, 11) is 0. The van der Waals surface area contributed by atoms with Crippen molar-refractivity contribution in [2.75, 3.05) is 0 Å². The number of rotatable bonds is 3. The predicted octanol–water partition coefficient (Wildman–Crippen LogP) is 0.384. The summed E-state index contributed by atoms with van der Waals surface area (Å²) < 4.78 is 10.6. The van der Waals surface area contributed by atoms with Crippen molar-refractivity contribution in [1.82, 2.24) is 10.2 Å². The number of aromatic nitrogens is 2. The molecule has 1 heterocycles. The van der Waals surface area contributed by atoms with Crippen molar-refractivity contribution in [2.45, 2.75) is 38.5 Å². The second-order valence-corrected chi connectivity index (χ2v) is 3.38. The first-order chi connectivity index (χ1) is 6.24. The number of ether oxygens (including phenoxy) is 1. The second kappa shape index (κ2) is 3.43. The summed E-state index contributed by atoms with van der Waals surface area (Å²) >= 11 is 0. The third kappa shape index (κ3) is 2.05. The van der Waals surface area contributed by atoms with E-state index in [-0.39, 0.29) is 6.10 Å². The fraction of sp³-hybridized carbons (Fsp3) is 0.750. The van der Waals surface area contributed by atoms with Gasteiger partial charge in [0.15, 0.2) is 0 Å². The third-order valence-electron chi connectivity index (χ3n) is 2.14. The Hall–Kier alpha value is -0.940. The minimum Gasteiger partial charge on any atom is -0.423 e. The van der Waals surface area contributed by atoms with Gasteiger partial charge < -0.3 is 14.9 Å². The molecular weight excluding hydrogens is 170 g/mol. The summed E-state index contributed by atoms with van der Waals surface area (Å²) in [6, 6.07) is 0.314. The van der Waals surface area contributed by atoms with E-state index in [1.54, 1.807) is 6.92 Å². The van der Waals surface area contributed by atoms with Gasteiger partial charge in [0.05, 0.1) is 6.10 Å². The lowest BCUT2D eigenvalue weighted by Gasteiger charge is -2.31. The maximum absolute atomic E-state index is 5.61. The minimum absolute atomic E-state index is 0.280. The van der Waals surface area contributed by atoms with Crippen molar-refractivity contribution in [3.63, 3.8) is 0 Å². The van der Waals surface area contributed by atoms with Crippen LogP contribution < -0.4 is 5.73 Å². The zero-order valence-electron chi connectivity index (χ0n) is 7.56. The van der Waals surface area contributed by atoms with Crippen LogP contribution in [0.1, 0.15) is 24.6 Å². The number of hydrogen-bond acceptors (Lipinski definition) is 5. The molecule has 1 aromatic heterocycles. The maximum atomic E-state index is 5.61. The first-order valence-corrected chi connectivity index (χ1v) is 4.40. The van der Waals surface area contributed by atoms with Gasteiger partial charge in [0.1, 0.15) is 6.61 Å².